The van der Waals surface area contributed by atoms with Crippen molar-refractivity contribution in [3.63, 3.8) is 0 Å². The van der Waals surface area contributed by atoms with Crippen LogP contribution in [0.5, 0.6) is 0 Å². The van der Waals surface area contributed by atoms with Crippen molar-refractivity contribution in [2.24, 2.45) is 0 Å². The van der Waals surface area contributed by atoms with Crippen LogP contribution >= 0.6 is 0 Å². The number of nitrogens with zero attached hydrogens (tertiary/aromatic N) is 3. The summed E-state index contributed by atoms with van der Waals surface area (Å²) in [6.45, 7) is 5.82. The quantitative estimate of drug-likeness (QED) is 0.594. The van der Waals surface area contributed by atoms with Crippen molar-refractivity contribution in [2.45, 2.75) is 31.6 Å². The molecule has 0 radical (unpaired) electrons. The summed E-state index contributed by atoms with van der Waals surface area (Å²) in [7, 11) is 0. The summed E-state index contributed by atoms with van der Waals surface area (Å²) < 4.78 is 6.57. The number of fused-ring (bicyclic) bond motifs is 1. The standard InChI is InChI=1S/C29H32N4O3/c34-26-4-2-22-17-23(1-3-24(22)26)29-25(20-5-9-30-10-6-20)18-27(36-29)21-7-13-33(14-8-21)28(35)19-32-15-11-31-12-16-32/h1,3,5-6,9-10,17-18,21,31H,2,4,7-8,11-16,19H2. The Balaban J connectivity index is 1.22. The van der Waals surface area contributed by atoms with Crippen LogP contribution in [0.2, 0.25) is 0 Å². The number of pyridine rings is 1. The van der Waals surface area contributed by atoms with E-state index in [1.165, 1.54) is 0 Å². The van der Waals surface area contributed by atoms with E-state index in [0.717, 1.165) is 97.9 Å². The Morgan fingerprint density at radius 2 is 1.72 bits per heavy atom. The van der Waals surface area contributed by atoms with E-state index in [2.05, 4.69) is 27.3 Å². The van der Waals surface area contributed by atoms with Gasteiger partial charge in [-0.25, -0.2) is 0 Å². The molecule has 3 aliphatic rings. The van der Waals surface area contributed by atoms with Crippen LogP contribution in [-0.4, -0.2) is 72.3 Å². The third-order valence-corrected chi connectivity index (χ3v) is 7.85. The average molecular weight is 485 g/mol. The summed E-state index contributed by atoms with van der Waals surface area (Å²) in [6.07, 6.45) is 6.78. The molecule has 7 nitrogen and oxygen atoms in total. The number of nitrogens with one attached hydrogen (secondary N) is 1. The maximum atomic E-state index is 12.9. The number of ketones is 1. The Kier molecular flexibility index (Phi) is 6.42. The number of hydrogen-bond donors (Lipinski definition) is 1. The van der Waals surface area contributed by atoms with Crippen LogP contribution in [0.15, 0.2) is 53.2 Å². The summed E-state index contributed by atoms with van der Waals surface area (Å²) in [5, 5.41) is 3.34. The average Bonchev–Trinajstić information content (AvgIpc) is 3.54. The number of piperidine rings is 1. The molecular formula is C29H32N4O3. The minimum absolute atomic E-state index is 0.226. The van der Waals surface area contributed by atoms with E-state index in [1.54, 1.807) is 12.4 Å². The number of Topliss-reactive ketones (excluding diaryl/α,β-unsaturated/α-hetero) is 1. The molecule has 186 valence electrons. The minimum Gasteiger partial charge on any atom is -0.460 e. The number of aromatic nitrogens is 1. The van der Waals surface area contributed by atoms with Gasteiger partial charge >= 0.3 is 0 Å². The van der Waals surface area contributed by atoms with Crippen LogP contribution in [0.4, 0.5) is 0 Å². The van der Waals surface area contributed by atoms with Crippen LogP contribution < -0.4 is 5.32 Å². The van der Waals surface area contributed by atoms with Gasteiger partial charge in [0, 0.05) is 80.7 Å². The van der Waals surface area contributed by atoms with Gasteiger partial charge in [0.05, 0.1) is 6.54 Å². The highest BCUT2D eigenvalue weighted by molar-refractivity contribution is 6.01. The van der Waals surface area contributed by atoms with Crippen LogP contribution in [0.25, 0.3) is 22.5 Å². The molecule has 4 heterocycles. The minimum atomic E-state index is 0.226. The highest BCUT2D eigenvalue weighted by Crippen LogP contribution is 2.41. The van der Waals surface area contributed by atoms with Crippen molar-refractivity contribution in [1.82, 2.24) is 20.1 Å². The lowest BCUT2D eigenvalue weighted by Gasteiger charge is -2.34. The fourth-order valence-electron chi connectivity index (χ4n) is 5.74. The SMILES string of the molecule is O=C1CCc2cc(-c3oc(C4CCN(C(=O)CN5CCNCC5)CC4)cc3-c3ccncc3)ccc21. The molecule has 1 N–H and O–H groups in total. The highest BCUT2D eigenvalue weighted by atomic mass is 16.3. The fourth-order valence-corrected chi connectivity index (χ4v) is 5.74. The molecule has 0 spiro atoms. The first-order valence-corrected chi connectivity index (χ1v) is 13.1. The summed E-state index contributed by atoms with van der Waals surface area (Å²) in [6, 6.07) is 12.3. The normalized spacial score (nSPS) is 19.0. The molecular weight excluding hydrogens is 452 g/mol. The van der Waals surface area contributed by atoms with Gasteiger partial charge < -0.3 is 14.6 Å². The maximum Gasteiger partial charge on any atom is 0.236 e. The van der Waals surface area contributed by atoms with Crippen LogP contribution in [0.1, 0.15) is 46.9 Å². The fraction of sp³-hybridized carbons (Fsp3) is 0.414. The lowest BCUT2D eigenvalue weighted by atomic mass is 9.93. The number of furan rings is 1. The molecule has 36 heavy (non-hydrogen) atoms. The van der Waals surface area contributed by atoms with Gasteiger partial charge in [-0.3, -0.25) is 19.5 Å². The van der Waals surface area contributed by atoms with Crippen molar-refractivity contribution in [3.8, 4) is 22.5 Å². The molecule has 3 aromatic rings. The molecule has 1 aliphatic carbocycles. The molecule has 6 rings (SSSR count). The Morgan fingerprint density at radius 1 is 0.944 bits per heavy atom. The Morgan fingerprint density at radius 3 is 2.50 bits per heavy atom. The largest absolute Gasteiger partial charge is 0.460 e. The molecule has 1 aromatic carbocycles. The van der Waals surface area contributed by atoms with E-state index in [0.29, 0.717) is 13.0 Å². The topological polar surface area (TPSA) is 78.7 Å². The summed E-state index contributed by atoms with van der Waals surface area (Å²) in [5.41, 5.74) is 5.07. The number of hydrogen-bond acceptors (Lipinski definition) is 6. The second kappa shape index (κ2) is 9.99. The predicted molar refractivity (Wildman–Crippen MR) is 138 cm³/mol. The zero-order chi connectivity index (χ0) is 24.5. The Bertz CT molecular complexity index is 1250. The second-order valence-electron chi connectivity index (χ2n) is 10.1. The first kappa shape index (κ1) is 23.1. The molecule has 0 unspecified atom stereocenters. The van der Waals surface area contributed by atoms with Crippen LogP contribution in [0.3, 0.4) is 0 Å². The molecule has 2 saturated heterocycles. The monoisotopic (exact) mass is 484 g/mol. The first-order chi connectivity index (χ1) is 17.7. The molecule has 0 bridgehead atoms. The number of amides is 1. The van der Waals surface area contributed by atoms with Gasteiger partial charge in [0.25, 0.3) is 0 Å². The zero-order valence-corrected chi connectivity index (χ0v) is 20.5. The molecule has 1 amide bonds. The summed E-state index contributed by atoms with van der Waals surface area (Å²) in [4.78, 5) is 33.4. The highest BCUT2D eigenvalue weighted by Gasteiger charge is 2.29. The Hall–Kier alpha value is -3.29. The van der Waals surface area contributed by atoms with E-state index in [4.69, 9.17) is 4.42 Å². The molecule has 0 atom stereocenters. The van der Waals surface area contributed by atoms with E-state index in [-0.39, 0.29) is 17.6 Å². The number of likely N-dealkylation sites (tertiary alicyclic amines) is 1. The summed E-state index contributed by atoms with van der Waals surface area (Å²) >= 11 is 0. The van der Waals surface area contributed by atoms with Gasteiger partial charge in [-0.05, 0) is 54.7 Å². The number of aryl methyl sites for hydroxylation is 1. The second-order valence-corrected chi connectivity index (χ2v) is 10.1. The van der Waals surface area contributed by atoms with E-state index < -0.39 is 0 Å². The van der Waals surface area contributed by atoms with Crippen molar-refractivity contribution >= 4 is 11.7 Å². The number of piperazine rings is 1. The lowest BCUT2D eigenvalue weighted by molar-refractivity contribution is -0.133. The predicted octanol–water partition coefficient (Wildman–Crippen LogP) is 3.75. The molecule has 2 aliphatic heterocycles. The van der Waals surface area contributed by atoms with E-state index >= 15 is 0 Å². The van der Waals surface area contributed by atoms with Crippen molar-refractivity contribution in [1.29, 1.82) is 0 Å². The van der Waals surface area contributed by atoms with Gasteiger partial charge in [-0.2, -0.15) is 0 Å². The van der Waals surface area contributed by atoms with E-state index in [1.807, 2.05) is 29.2 Å². The van der Waals surface area contributed by atoms with Gasteiger partial charge in [0.2, 0.25) is 5.91 Å². The van der Waals surface area contributed by atoms with Gasteiger partial charge in [-0.1, -0.05) is 12.1 Å². The van der Waals surface area contributed by atoms with Crippen molar-refractivity contribution in [2.75, 3.05) is 45.8 Å². The van der Waals surface area contributed by atoms with Crippen molar-refractivity contribution in [3.05, 3.63) is 65.7 Å². The number of carbonyl (C=O) groups excluding carboxylic acids is 2. The third-order valence-electron chi connectivity index (χ3n) is 7.85. The molecule has 7 heteroatoms. The smallest absolute Gasteiger partial charge is 0.236 e. The number of benzene rings is 1. The van der Waals surface area contributed by atoms with Crippen LogP contribution in [0, 0.1) is 0 Å². The Labute approximate surface area is 211 Å². The number of carbonyl (C=O) groups is 2. The van der Waals surface area contributed by atoms with Crippen LogP contribution in [-0.2, 0) is 11.2 Å². The number of rotatable bonds is 5. The zero-order valence-electron chi connectivity index (χ0n) is 20.5. The van der Waals surface area contributed by atoms with Crippen molar-refractivity contribution < 1.29 is 14.0 Å². The van der Waals surface area contributed by atoms with Gasteiger partial charge in [0.15, 0.2) is 5.78 Å². The molecule has 2 fully saturated rings. The van der Waals surface area contributed by atoms with Gasteiger partial charge in [-0.15, -0.1) is 0 Å². The third kappa shape index (κ3) is 4.61. The molecule has 0 saturated carbocycles. The van der Waals surface area contributed by atoms with E-state index in [9.17, 15) is 9.59 Å². The lowest BCUT2D eigenvalue weighted by Crippen LogP contribution is -2.49. The maximum absolute atomic E-state index is 12.9. The first-order valence-electron chi connectivity index (χ1n) is 13.1. The summed E-state index contributed by atoms with van der Waals surface area (Å²) in [5.74, 6) is 2.56. The van der Waals surface area contributed by atoms with Gasteiger partial charge in [0.1, 0.15) is 11.5 Å². The molecule has 2 aromatic heterocycles.